The second-order valence-corrected chi connectivity index (χ2v) is 5.01. The second-order valence-electron chi connectivity index (χ2n) is 3.97. The number of carboxylic acids is 1. The Morgan fingerprint density at radius 3 is 2.67 bits per heavy atom. The molecule has 1 aliphatic heterocycles. The first-order valence-electron chi connectivity index (χ1n) is 5.96. The van der Waals surface area contributed by atoms with Gasteiger partial charge in [-0.1, -0.05) is 11.8 Å². The largest absolute Gasteiger partial charge is 0.481 e. The number of thioether (sulfide) groups is 1. The van der Waals surface area contributed by atoms with E-state index in [-0.39, 0.29) is 30.5 Å². The molecule has 1 saturated heterocycles. The topological polar surface area (TPSA) is 77.9 Å². The Hall–Kier alpha value is -1.24. The third-order valence-corrected chi connectivity index (χ3v) is 3.66. The number of carbonyl (C=O) groups is 3. The van der Waals surface area contributed by atoms with E-state index in [4.69, 9.17) is 5.11 Å². The molecule has 2 amide bonds. The van der Waals surface area contributed by atoms with Crippen LogP contribution in [0.25, 0.3) is 0 Å². The van der Waals surface area contributed by atoms with Crippen molar-refractivity contribution in [2.24, 2.45) is 0 Å². The second kappa shape index (κ2) is 7.25. The molecule has 0 saturated carbocycles. The summed E-state index contributed by atoms with van der Waals surface area (Å²) in [6, 6.07) is 0. The fourth-order valence-electron chi connectivity index (χ4n) is 1.71. The van der Waals surface area contributed by atoms with Crippen molar-refractivity contribution in [2.75, 3.05) is 31.9 Å². The lowest BCUT2D eigenvalue weighted by Crippen LogP contribution is -2.36. The zero-order valence-electron chi connectivity index (χ0n) is 10.4. The minimum absolute atomic E-state index is 0.0244. The molecule has 0 unspecified atom stereocenters. The Balaban J connectivity index is 2.32. The average Bonchev–Trinajstić information content (AvgIpc) is 2.72. The molecule has 1 rings (SSSR count). The molecule has 0 aromatic heterocycles. The van der Waals surface area contributed by atoms with Crippen LogP contribution in [0.3, 0.4) is 0 Å². The Bertz CT molecular complexity index is 335. The van der Waals surface area contributed by atoms with Crippen molar-refractivity contribution < 1.29 is 19.5 Å². The molecular formula is C11H18N2O4S. The van der Waals surface area contributed by atoms with Gasteiger partial charge in [0.25, 0.3) is 5.24 Å². The van der Waals surface area contributed by atoms with Crippen LogP contribution in [0.4, 0.5) is 4.79 Å². The molecule has 0 atom stereocenters. The van der Waals surface area contributed by atoms with Crippen molar-refractivity contribution in [3.8, 4) is 0 Å². The normalized spacial score (nSPS) is 14.9. The van der Waals surface area contributed by atoms with Gasteiger partial charge >= 0.3 is 5.97 Å². The predicted octanol–water partition coefficient (Wildman–Crippen LogP) is 0.869. The van der Waals surface area contributed by atoms with E-state index < -0.39 is 5.97 Å². The van der Waals surface area contributed by atoms with E-state index >= 15 is 0 Å². The minimum atomic E-state index is -0.910. The molecule has 102 valence electrons. The summed E-state index contributed by atoms with van der Waals surface area (Å²) in [6.07, 6.45) is 0.220. The smallest absolute Gasteiger partial charge is 0.305 e. The van der Waals surface area contributed by atoms with Crippen LogP contribution in [0.1, 0.15) is 19.8 Å². The molecule has 0 spiro atoms. The van der Waals surface area contributed by atoms with Gasteiger partial charge in [0.15, 0.2) is 0 Å². The van der Waals surface area contributed by atoms with Gasteiger partial charge in [-0.3, -0.25) is 14.4 Å². The molecule has 7 heteroatoms. The molecule has 1 fully saturated rings. The number of nitrogens with zero attached hydrogens (tertiary/aromatic N) is 2. The Labute approximate surface area is 110 Å². The Kier molecular flexibility index (Phi) is 5.97. The van der Waals surface area contributed by atoms with Crippen molar-refractivity contribution in [3.05, 3.63) is 0 Å². The molecule has 1 heterocycles. The summed E-state index contributed by atoms with van der Waals surface area (Å²) in [4.78, 5) is 36.8. The summed E-state index contributed by atoms with van der Waals surface area (Å²) in [6.45, 7) is 3.66. The third kappa shape index (κ3) is 4.56. The quantitative estimate of drug-likeness (QED) is 0.745. The van der Waals surface area contributed by atoms with Crippen LogP contribution in [-0.2, 0) is 9.59 Å². The molecule has 6 nitrogen and oxygen atoms in total. The van der Waals surface area contributed by atoms with E-state index in [9.17, 15) is 14.4 Å². The standard InChI is InChI=1S/C11H18N2O4S/c1-2-12(6-4-10(15)16)9(14)3-5-13-7-8-18-11(13)17/h2-8H2,1H3,(H,15,16). The lowest BCUT2D eigenvalue weighted by molar-refractivity contribution is -0.138. The summed E-state index contributed by atoms with van der Waals surface area (Å²) in [5, 5.41) is 8.61. The van der Waals surface area contributed by atoms with Crippen LogP contribution >= 0.6 is 11.8 Å². The van der Waals surface area contributed by atoms with E-state index in [1.807, 2.05) is 6.92 Å². The van der Waals surface area contributed by atoms with Gasteiger partial charge in [0.05, 0.1) is 6.42 Å². The fraction of sp³-hybridized carbons (Fsp3) is 0.727. The number of amides is 2. The third-order valence-electron chi connectivity index (χ3n) is 2.77. The van der Waals surface area contributed by atoms with Gasteiger partial charge in [-0.15, -0.1) is 0 Å². The molecule has 1 N–H and O–H groups in total. The van der Waals surface area contributed by atoms with E-state index in [1.165, 1.54) is 16.7 Å². The van der Waals surface area contributed by atoms with Crippen molar-refractivity contribution in [1.29, 1.82) is 0 Å². The van der Waals surface area contributed by atoms with Crippen LogP contribution in [0, 0.1) is 0 Å². The van der Waals surface area contributed by atoms with Crippen molar-refractivity contribution >= 4 is 28.9 Å². The summed E-state index contributed by atoms with van der Waals surface area (Å²) < 4.78 is 0. The van der Waals surface area contributed by atoms with Gasteiger partial charge in [-0.05, 0) is 6.92 Å². The maximum Gasteiger partial charge on any atom is 0.305 e. The highest BCUT2D eigenvalue weighted by molar-refractivity contribution is 8.13. The summed E-state index contributed by atoms with van der Waals surface area (Å²) in [5.41, 5.74) is 0. The van der Waals surface area contributed by atoms with E-state index in [2.05, 4.69) is 0 Å². The molecule has 0 aliphatic carbocycles. The summed E-state index contributed by atoms with van der Waals surface area (Å²) in [5.74, 6) is -0.223. The number of hydrogen-bond donors (Lipinski definition) is 1. The minimum Gasteiger partial charge on any atom is -0.481 e. The molecule has 0 radical (unpaired) electrons. The SMILES string of the molecule is CCN(CCC(=O)O)C(=O)CCN1CCSC1=O. The Morgan fingerprint density at radius 2 is 2.17 bits per heavy atom. The molecule has 1 aliphatic rings. The highest BCUT2D eigenvalue weighted by Gasteiger charge is 2.22. The summed E-state index contributed by atoms with van der Waals surface area (Å²) in [7, 11) is 0. The molecular weight excluding hydrogens is 256 g/mol. The van der Waals surface area contributed by atoms with Crippen LogP contribution < -0.4 is 0 Å². The van der Waals surface area contributed by atoms with Crippen molar-refractivity contribution in [3.63, 3.8) is 0 Å². The average molecular weight is 274 g/mol. The van der Waals surface area contributed by atoms with Gasteiger partial charge in [0.1, 0.15) is 0 Å². The van der Waals surface area contributed by atoms with E-state index in [0.717, 1.165) is 5.75 Å². The van der Waals surface area contributed by atoms with E-state index in [1.54, 1.807) is 4.90 Å². The number of rotatable bonds is 7. The number of aliphatic carboxylic acids is 1. The maximum absolute atomic E-state index is 11.8. The zero-order valence-corrected chi connectivity index (χ0v) is 11.2. The first-order chi connectivity index (χ1) is 8.54. The van der Waals surface area contributed by atoms with E-state index in [0.29, 0.717) is 19.6 Å². The monoisotopic (exact) mass is 274 g/mol. The lowest BCUT2D eigenvalue weighted by atomic mass is 10.3. The number of hydrogen-bond acceptors (Lipinski definition) is 4. The first-order valence-corrected chi connectivity index (χ1v) is 6.94. The highest BCUT2D eigenvalue weighted by Crippen LogP contribution is 2.17. The van der Waals surface area contributed by atoms with Gasteiger partial charge in [-0.2, -0.15) is 0 Å². The first kappa shape index (κ1) is 14.8. The zero-order chi connectivity index (χ0) is 13.5. The van der Waals surface area contributed by atoms with Crippen LogP contribution in [0.5, 0.6) is 0 Å². The molecule has 18 heavy (non-hydrogen) atoms. The van der Waals surface area contributed by atoms with Crippen LogP contribution in [0.2, 0.25) is 0 Å². The maximum atomic E-state index is 11.8. The van der Waals surface area contributed by atoms with Crippen molar-refractivity contribution in [2.45, 2.75) is 19.8 Å². The van der Waals surface area contributed by atoms with Crippen LogP contribution in [0.15, 0.2) is 0 Å². The van der Waals surface area contributed by atoms with Gasteiger partial charge in [0, 0.05) is 38.4 Å². The molecule has 0 aromatic carbocycles. The highest BCUT2D eigenvalue weighted by atomic mass is 32.2. The molecule has 0 aromatic rings. The van der Waals surface area contributed by atoms with Crippen molar-refractivity contribution in [1.82, 2.24) is 9.80 Å². The lowest BCUT2D eigenvalue weighted by Gasteiger charge is -2.21. The number of carboxylic acid groups (broad SMARTS) is 1. The fourth-order valence-corrected chi connectivity index (χ4v) is 2.56. The number of carbonyl (C=O) groups excluding carboxylic acids is 2. The van der Waals surface area contributed by atoms with Crippen LogP contribution in [-0.4, -0.2) is 64.0 Å². The van der Waals surface area contributed by atoms with Gasteiger partial charge < -0.3 is 14.9 Å². The summed E-state index contributed by atoms with van der Waals surface area (Å²) >= 11 is 1.27. The Morgan fingerprint density at radius 1 is 1.44 bits per heavy atom. The predicted molar refractivity (Wildman–Crippen MR) is 68.6 cm³/mol. The van der Waals surface area contributed by atoms with Gasteiger partial charge in [-0.25, -0.2) is 0 Å². The molecule has 0 bridgehead atoms. The van der Waals surface area contributed by atoms with Gasteiger partial charge in [0.2, 0.25) is 5.91 Å².